The summed E-state index contributed by atoms with van der Waals surface area (Å²) < 4.78 is 0. The van der Waals surface area contributed by atoms with E-state index in [1.165, 1.54) is 11.1 Å². The van der Waals surface area contributed by atoms with Crippen LogP contribution in [0.4, 0.5) is 0 Å². The maximum absolute atomic E-state index is 11.1. The zero-order valence-electron chi connectivity index (χ0n) is 11.3. The van der Waals surface area contributed by atoms with Crippen molar-refractivity contribution in [1.82, 2.24) is 5.32 Å². The van der Waals surface area contributed by atoms with Gasteiger partial charge in [0.2, 0.25) is 5.91 Å². The normalized spacial score (nSPS) is 10.1. The van der Waals surface area contributed by atoms with Gasteiger partial charge in [-0.15, -0.1) is 0 Å². The second-order valence-electron chi connectivity index (χ2n) is 4.61. The van der Waals surface area contributed by atoms with Crippen molar-refractivity contribution in [1.29, 1.82) is 5.41 Å². The lowest BCUT2D eigenvalue weighted by molar-refractivity contribution is -0.120. The van der Waals surface area contributed by atoms with Crippen LogP contribution in [-0.4, -0.2) is 18.7 Å². The fourth-order valence-corrected chi connectivity index (χ4v) is 1.99. The summed E-state index contributed by atoms with van der Waals surface area (Å²) >= 11 is 0. The molecule has 0 aromatic heterocycles. The topological polar surface area (TPSA) is 53.0 Å². The summed E-state index contributed by atoms with van der Waals surface area (Å²) in [6.07, 6.45) is 4.24. The summed E-state index contributed by atoms with van der Waals surface area (Å²) in [5.41, 5.74) is 3.23. The number of benzene rings is 1. The molecule has 3 heteroatoms. The number of hydrogen-bond donors (Lipinski definition) is 2. The van der Waals surface area contributed by atoms with Crippen molar-refractivity contribution in [3.63, 3.8) is 0 Å². The van der Waals surface area contributed by atoms with E-state index in [0.717, 1.165) is 25.7 Å². The number of rotatable bonds is 7. The smallest absolute Gasteiger partial charge is 0.219 e. The molecule has 0 aliphatic carbocycles. The number of aryl methyl sites for hydroxylation is 1. The highest BCUT2D eigenvalue weighted by molar-refractivity contribution is 5.81. The van der Waals surface area contributed by atoms with Crippen LogP contribution < -0.4 is 5.32 Å². The summed E-state index contributed by atoms with van der Waals surface area (Å²) in [7, 11) is 1.67. The first-order valence-corrected chi connectivity index (χ1v) is 6.45. The molecule has 0 spiro atoms. The lowest BCUT2D eigenvalue weighted by atomic mass is 9.98. The number of amides is 1. The van der Waals surface area contributed by atoms with Crippen molar-refractivity contribution in [2.75, 3.05) is 7.05 Å². The lowest BCUT2D eigenvalue weighted by Gasteiger charge is -2.08. The third kappa shape index (κ3) is 5.13. The first kappa shape index (κ1) is 14.4. The summed E-state index contributed by atoms with van der Waals surface area (Å²) in [6, 6.07) is 8.27. The molecular formula is C15H22N2O. The Balaban J connectivity index is 2.46. The second-order valence-corrected chi connectivity index (χ2v) is 4.61. The molecule has 1 rings (SSSR count). The van der Waals surface area contributed by atoms with Crippen LogP contribution in [0.2, 0.25) is 0 Å². The van der Waals surface area contributed by atoms with Crippen LogP contribution >= 0.6 is 0 Å². The number of carbonyl (C=O) groups is 1. The van der Waals surface area contributed by atoms with E-state index in [0.29, 0.717) is 12.1 Å². The van der Waals surface area contributed by atoms with Crippen molar-refractivity contribution < 1.29 is 4.79 Å². The molecule has 0 saturated carbocycles. The van der Waals surface area contributed by atoms with Gasteiger partial charge in [-0.2, -0.15) is 0 Å². The van der Waals surface area contributed by atoms with E-state index < -0.39 is 0 Å². The number of unbranched alkanes of at least 4 members (excludes halogenated alkanes) is 1. The molecule has 18 heavy (non-hydrogen) atoms. The maximum atomic E-state index is 11.1. The van der Waals surface area contributed by atoms with E-state index >= 15 is 0 Å². The van der Waals surface area contributed by atoms with Crippen LogP contribution in [0, 0.1) is 5.41 Å². The average molecular weight is 246 g/mol. The van der Waals surface area contributed by atoms with E-state index in [1.807, 2.05) is 19.1 Å². The molecule has 0 bridgehead atoms. The second kappa shape index (κ2) is 7.64. The van der Waals surface area contributed by atoms with E-state index in [1.54, 1.807) is 7.05 Å². The molecule has 2 N–H and O–H groups in total. The largest absolute Gasteiger partial charge is 0.359 e. The van der Waals surface area contributed by atoms with Crippen LogP contribution in [0.3, 0.4) is 0 Å². The Labute approximate surface area is 109 Å². The van der Waals surface area contributed by atoms with Crippen LogP contribution in [0.25, 0.3) is 0 Å². The van der Waals surface area contributed by atoms with Crippen molar-refractivity contribution in [3.8, 4) is 0 Å². The highest BCUT2D eigenvalue weighted by atomic mass is 16.1. The van der Waals surface area contributed by atoms with Crippen LogP contribution in [0.5, 0.6) is 0 Å². The number of carbonyl (C=O) groups excluding carboxylic acids is 1. The van der Waals surface area contributed by atoms with Gasteiger partial charge < -0.3 is 10.7 Å². The Morgan fingerprint density at radius 2 is 1.89 bits per heavy atom. The third-order valence-electron chi connectivity index (χ3n) is 2.95. The summed E-state index contributed by atoms with van der Waals surface area (Å²) in [5.74, 6) is 0.110. The predicted octanol–water partition coefficient (Wildman–Crippen LogP) is 2.73. The molecule has 0 radical (unpaired) electrons. The SMILES string of the molecule is CNC(=O)CCCCc1ccccc1CC(C)=N. The summed E-state index contributed by atoms with van der Waals surface area (Å²) in [6.45, 7) is 1.84. The monoisotopic (exact) mass is 246 g/mol. The van der Waals surface area contributed by atoms with Crippen molar-refractivity contribution >= 4 is 11.6 Å². The molecule has 1 amide bonds. The van der Waals surface area contributed by atoms with Gasteiger partial charge in [0, 0.05) is 25.6 Å². The Hall–Kier alpha value is -1.64. The van der Waals surface area contributed by atoms with Crippen LogP contribution in [0.15, 0.2) is 24.3 Å². The molecular weight excluding hydrogens is 224 g/mol. The standard InChI is InChI=1S/C15H22N2O/c1-12(16)11-14-9-4-3-7-13(14)8-5-6-10-15(18)17-2/h3-4,7,9,16H,5-6,8,10-11H2,1-2H3,(H,17,18). The molecule has 0 heterocycles. The van der Waals surface area contributed by atoms with Gasteiger partial charge in [-0.05, 0) is 37.3 Å². The van der Waals surface area contributed by atoms with Gasteiger partial charge >= 0.3 is 0 Å². The zero-order chi connectivity index (χ0) is 13.4. The fraction of sp³-hybridized carbons (Fsp3) is 0.467. The average Bonchev–Trinajstić information content (AvgIpc) is 2.35. The molecule has 0 saturated heterocycles. The van der Waals surface area contributed by atoms with Gasteiger partial charge in [-0.3, -0.25) is 4.79 Å². The Bertz CT molecular complexity index is 413. The van der Waals surface area contributed by atoms with Gasteiger partial charge in [0.15, 0.2) is 0 Å². The predicted molar refractivity (Wildman–Crippen MR) is 75.2 cm³/mol. The van der Waals surface area contributed by atoms with E-state index in [4.69, 9.17) is 5.41 Å². The van der Waals surface area contributed by atoms with Gasteiger partial charge in [0.1, 0.15) is 0 Å². The van der Waals surface area contributed by atoms with Gasteiger partial charge in [-0.1, -0.05) is 24.3 Å². The highest BCUT2D eigenvalue weighted by Gasteiger charge is 2.03. The molecule has 0 atom stereocenters. The quantitative estimate of drug-likeness (QED) is 0.564. The van der Waals surface area contributed by atoms with Gasteiger partial charge in [0.25, 0.3) is 0 Å². The summed E-state index contributed by atoms with van der Waals surface area (Å²) in [5, 5.41) is 10.2. The third-order valence-corrected chi connectivity index (χ3v) is 2.95. The molecule has 0 unspecified atom stereocenters. The number of hydrogen-bond acceptors (Lipinski definition) is 2. The molecule has 0 aliphatic rings. The van der Waals surface area contributed by atoms with Gasteiger partial charge in [-0.25, -0.2) is 0 Å². The first-order valence-electron chi connectivity index (χ1n) is 6.45. The molecule has 98 valence electrons. The molecule has 0 aliphatic heterocycles. The number of nitrogens with one attached hydrogen (secondary N) is 2. The minimum Gasteiger partial charge on any atom is -0.359 e. The minimum absolute atomic E-state index is 0.110. The Morgan fingerprint density at radius 3 is 2.50 bits per heavy atom. The van der Waals surface area contributed by atoms with E-state index in [9.17, 15) is 4.79 Å². The van der Waals surface area contributed by atoms with Crippen LogP contribution in [0.1, 0.15) is 37.3 Å². The van der Waals surface area contributed by atoms with Crippen molar-refractivity contribution in [2.24, 2.45) is 0 Å². The fourth-order valence-electron chi connectivity index (χ4n) is 1.99. The van der Waals surface area contributed by atoms with E-state index in [-0.39, 0.29) is 5.91 Å². The van der Waals surface area contributed by atoms with Crippen molar-refractivity contribution in [3.05, 3.63) is 35.4 Å². The molecule has 1 aromatic rings. The van der Waals surface area contributed by atoms with Crippen LogP contribution in [-0.2, 0) is 17.6 Å². The van der Waals surface area contributed by atoms with Gasteiger partial charge in [0.05, 0.1) is 0 Å². The molecule has 3 nitrogen and oxygen atoms in total. The zero-order valence-corrected chi connectivity index (χ0v) is 11.3. The van der Waals surface area contributed by atoms with Crippen molar-refractivity contribution in [2.45, 2.75) is 39.0 Å². The molecule has 0 fully saturated rings. The van der Waals surface area contributed by atoms with E-state index in [2.05, 4.69) is 17.4 Å². The highest BCUT2D eigenvalue weighted by Crippen LogP contribution is 2.13. The Morgan fingerprint density at radius 1 is 1.22 bits per heavy atom. The Kier molecular flexibility index (Phi) is 6.12. The lowest BCUT2D eigenvalue weighted by Crippen LogP contribution is -2.16. The minimum atomic E-state index is 0.110. The maximum Gasteiger partial charge on any atom is 0.219 e. The molecule has 1 aromatic carbocycles. The summed E-state index contributed by atoms with van der Waals surface area (Å²) in [4.78, 5) is 11.1. The first-order chi connectivity index (χ1) is 8.63.